The van der Waals surface area contributed by atoms with Gasteiger partial charge in [-0.15, -0.1) is 0 Å². The van der Waals surface area contributed by atoms with E-state index in [9.17, 15) is 0 Å². The number of nitrogens with zero attached hydrogens (tertiary/aromatic N) is 8. The maximum Gasteiger partial charge on any atom is 0.0553 e. The van der Waals surface area contributed by atoms with Crippen molar-refractivity contribution in [2.75, 3.05) is 86.6 Å². The van der Waals surface area contributed by atoms with Gasteiger partial charge in [-0.3, -0.25) is 15.0 Å². The number of hydrogen-bond donors (Lipinski definition) is 0. The Labute approximate surface area is 188 Å². The smallest absolute Gasteiger partial charge is 0.0553 e. The molecule has 0 saturated carbocycles. The lowest BCUT2D eigenvalue weighted by Gasteiger charge is -2.30. The Morgan fingerprint density at radius 3 is 1.10 bits per heavy atom. The number of piperidine rings is 1. The van der Waals surface area contributed by atoms with Crippen molar-refractivity contribution in [1.82, 2.24) is 24.7 Å². The van der Waals surface area contributed by atoms with Crippen LogP contribution in [0.5, 0.6) is 0 Å². The van der Waals surface area contributed by atoms with Gasteiger partial charge in [-0.2, -0.15) is 10.2 Å². The first kappa shape index (κ1) is 33.1. The van der Waals surface area contributed by atoms with E-state index in [-0.39, 0.29) is 22.3 Å². The number of rotatable bonds is 3. The molecular weight excluding hydrogens is 376 g/mol. The molecule has 180 valence electrons. The highest BCUT2D eigenvalue weighted by Gasteiger charge is 2.13. The van der Waals surface area contributed by atoms with E-state index in [0.29, 0.717) is 6.04 Å². The predicted molar refractivity (Wildman–Crippen MR) is 137 cm³/mol. The van der Waals surface area contributed by atoms with Crippen molar-refractivity contribution in [2.45, 2.75) is 41.2 Å². The molecule has 0 aliphatic carbocycles. The molecule has 3 fully saturated rings. The first-order chi connectivity index (χ1) is 13.0. The molecule has 3 saturated heterocycles. The molecule has 0 aromatic heterocycles. The minimum absolute atomic E-state index is 0. The van der Waals surface area contributed by atoms with Crippen LogP contribution in [0.25, 0.3) is 0 Å². The number of aliphatic imine (C=N–C) groups is 1. The molecule has 3 rings (SSSR count). The van der Waals surface area contributed by atoms with E-state index in [1.54, 1.807) is 0 Å². The van der Waals surface area contributed by atoms with Crippen molar-refractivity contribution in [1.29, 1.82) is 0 Å². The largest absolute Gasteiger partial charge is 0.306 e. The van der Waals surface area contributed by atoms with Gasteiger partial charge in [-0.1, -0.05) is 22.3 Å². The second kappa shape index (κ2) is 19.5. The van der Waals surface area contributed by atoms with Crippen LogP contribution in [0.1, 0.15) is 35.1 Å². The average Bonchev–Trinajstić information content (AvgIpc) is 2.72. The van der Waals surface area contributed by atoms with Crippen LogP contribution in [0.3, 0.4) is 0 Å². The number of likely N-dealkylation sites (tertiary alicyclic amines) is 1. The summed E-state index contributed by atoms with van der Waals surface area (Å²) in [6.07, 6.45) is 2.39. The highest BCUT2D eigenvalue weighted by Crippen LogP contribution is 2.10. The molecule has 0 atom stereocenters. The molecule has 8 heteroatoms. The lowest BCUT2D eigenvalue weighted by molar-refractivity contribution is 0.142. The van der Waals surface area contributed by atoms with Gasteiger partial charge in [0.15, 0.2) is 0 Å². The van der Waals surface area contributed by atoms with Gasteiger partial charge in [0, 0.05) is 39.6 Å². The van der Waals surface area contributed by atoms with Gasteiger partial charge >= 0.3 is 0 Å². The van der Waals surface area contributed by atoms with Crippen LogP contribution in [-0.2, 0) is 0 Å². The van der Waals surface area contributed by atoms with Crippen LogP contribution in [0.2, 0.25) is 0 Å². The molecule has 0 amide bonds. The zero-order valence-corrected chi connectivity index (χ0v) is 17.8. The van der Waals surface area contributed by atoms with Crippen molar-refractivity contribution in [3.63, 3.8) is 0 Å². The van der Waals surface area contributed by atoms with Gasteiger partial charge in [-0.25, -0.2) is 0 Å². The summed E-state index contributed by atoms with van der Waals surface area (Å²) in [4.78, 5) is 11.1. The van der Waals surface area contributed by atoms with E-state index in [2.05, 4.69) is 71.2 Å². The van der Waals surface area contributed by atoms with Crippen LogP contribution in [-0.4, -0.2) is 138 Å². The van der Waals surface area contributed by atoms with Crippen LogP contribution in [0.15, 0.2) is 15.2 Å². The SMILES string of the molecule is C.C.C.C=NC1CCN(C)CC1.C=NN1CCN(N=C)CC1.CN1CCN(C)CC1. The molecule has 0 radical (unpaired) electrons. The van der Waals surface area contributed by atoms with Gasteiger partial charge in [-0.05, 0) is 53.8 Å². The summed E-state index contributed by atoms with van der Waals surface area (Å²) in [6, 6.07) is 0.543. The third kappa shape index (κ3) is 14.5. The van der Waals surface area contributed by atoms with Gasteiger partial charge in [0.25, 0.3) is 0 Å². The maximum atomic E-state index is 4.01. The van der Waals surface area contributed by atoms with E-state index in [4.69, 9.17) is 0 Å². The molecule has 3 aliphatic heterocycles. The molecule has 30 heavy (non-hydrogen) atoms. The monoisotopic (exact) mass is 428 g/mol. The van der Waals surface area contributed by atoms with E-state index in [1.165, 1.54) is 52.1 Å². The summed E-state index contributed by atoms with van der Waals surface area (Å²) < 4.78 is 0. The fraction of sp³-hybridized carbons (Fsp3) is 0.864. The van der Waals surface area contributed by atoms with Crippen LogP contribution >= 0.6 is 0 Å². The Kier molecular flexibility index (Phi) is 21.5. The Morgan fingerprint density at radius 2 is 0.833 bits per heavy atom. The van der Waals surface area contributed by atoms with Gasteiger partial charge < -0.3 is 14.7 Å². The molecule has 0 N–H and O–H groups in total. The van der Waals surface area contributed by atoms with E-state index in [1.807, 2.05) is 10.0 Å². The topological polar surface area (TPSA) is 53.3 Å². The molecule has 0 unspecified atom stereocenters. The van der Waals surface area contributed by atoms with Crippen molar-refractivity contribution in [3.05, 3.63) is 0 Å². The minimum atomic E-state index is 0. The summed E-state index contributed by atoms with van der Waals surface area (Å²) in [7, 11) is 6.50. The molecule has 0 spiro atoms. The van der Waals surface area contributed by atoms with Gasteiger partial charge in [0.2, 0.25) is 0 Å². The molecule has 8 nitrogen and oxygen atoms in total. The first-order valence-corrected chi connectivity index (χ1v) is 9.93. The number of piperazine rings is 2. The number of hydrogen-bond acceptors (Lipinski definition) is 8. The standard InChI is InChI=1S/C7H14N2.C6H12N4.C6H14N2.3CH4/c1-8-7-3-5-9(2)6-4-7;1-7-9-3-5-10(8-2)6-4-9;1-7-3-5-8(2)6-4-7;;;/h7H,1,3-6H2,2H3;1-6H2;3-6H2,1-2H3;3*1H4. The van der Waals surface area contributed by atoms with Gasteiger partial charge in [0.05, 0.1) is 32.2 Å². The molecular formula is C22H52N8. The highest BCUT2D eigenvalue weighted by atomic mass is 15.5. The summed E-state index contributed by atoms with van der Waals surface area (Å²) in [5, 5.41) is 11.5. The highest BCUT2D eigenvalue weighted by molar-refractivity contribution is 5.24. The average molecular weight is 429 g/mol. The minimum Gasteiger partial charge on any atom is -0.306 e. The van der Waals surface area contributed by atoms with Crippen LogP contribution in [0.4, 0.5) is 0 Å². The summed E-state index contributed by atoms with van der Waals surface area (Å²) in [5.41, 5.74) is 0. The number of hydrazone groups is 2. The lowest BCUT2D eigenvalue weighted by atomic mass is 10.1. The van der Waals surface area contributed by atoms with Crippen molar-refractivity contribution < 1.29 is 0 Å². The van der Waals surface area contributed by atoms with Crippen LogP contribution in [0, 0.1) is 0 Å². The fourth-order valence-corrected chi connectivity index (χ4v) is 3.05. The quantitative estimate of drug-likeness (QED) is 0.646. The third-order valence-corrected chi connectivity index (χ3v) is 5.31. The summed E-state index contributed by atoms with van der Waals surface area (Å²) in [5.74, 6) is 0. The first-order valence-electron chi connectivity index (χ1n) is 9.93. The predicted octanol–water partition coefficient (Wildman–Crippen LogP) is 2.39. The van der Waals surface area contributed by atoms with Crippen molar-refractivity contribution >= 4 is 20.2 Å². The Morgan fingerprint density at radius 1 is 0.533 bits per heavy atom. The zero-order valence-electron chi connectivity index (χ0n) is 17.8. The maximum absolute atomic E-state index is 4.01. The van der Waals surface area contributed by atoms with Gasteiger partial charge in [0.1, 0.15) is 0 Å². The normalized spacial score (nSPS) is 20.5. The molecule has 0 bridgehead atoms. The second-order valence-corrected chi connectivity index (χ2v) is 7.51. The van der Waals surface area contributed by atoms with E-state index >= 15 is 0 Å². The summed E-state index contributed by atoms with van der Waals surface area (Å²) in [6.45, 7) is 21.4. The number of likely N-dealkylation sites (N-methyl/N-ethyl adjacent to an activating group) is 2. The fourth-order valence-electron chi connectivity index (χ4n) is 3.05. The Balaban J connectivity index is -0.000000349. The molecule has 0 aromatic carbocycles. The van der Waals surface area contributed by atoms with E-state index < -0.39 is 0 Å². The zero-order chi connectivity index (χ0) is 20.1. The summed E-state index contributed by atoms with van der Waals surface area (Å²) >= 11 is 0. The molecule has 3 aliphatic rings. The lowest BCUT2D eigenvalue weighted by Crippen LogP contribution is -2.42. The van der Waals surface area contributed by atoms with E-state index in [0.717, 1.165) is 26.2 Å². The van der Waals surface area contributed by atoms with Crippen molar-refractivity contribution in [3.8, 4) is 0 Å². The molecule has 3 heterocycles. The second-order valence-electron chi connectivity index (χ2n) is 7.51. The molecule has 0 aromatic rings. The Hall–Kier alpha value is -1.51. The Bertz CT molecular complexity index is 381. The van der Waals surface area contributed by atoms with Crippen molar-refractivity contribution in [2.24, 2.45) is 15.2 Å². The van der Waals surface area contributed by atoms with Crippen LogP contribution < -0.4 is 0 Å². The third-order valence-electron chi connectivity index (χ3n) is 5.31.